The molecule has 1 heterocycles. The summed E-state index contributed by atoms with van der Waals surface area (Å²) in [5.41, 5.74) is 2.89. The lowest BCUT2D eigenvalue weighted by Crippen LogP contribution is -2.17. The van der Waals surface area contributed by atoms with Crippen molar-refractivity contribution >= 4 is 5.69 Å². The minimum atomic E-state index is 0.687. The number of nitrogens with one attached hydrogen (secondary N) is 2. The number of nitriles is 1. The van der Waals surface area contributed by atoms with Crippen LogP contribution in [0.25, 0.3) is 0 Å². The van der Waals surface area contributed by atoms with Crippen molar-refractivity contribution in [2.75, 3.05) is 25.0 Å². The molecule has 1 unspecified atom stereocenters. The molecule has 2 N–H and O–H groups in total. The van der Waals surface area contributed by atoms with E-state index < -0.39 is 0 Å². The van der Waals surface area contributed by atoms with Crippen molar-refractivity contribution in [2.45, 2.75) is 13.3 Å². The minimum Gasteiger partial charge on any atom is -0.384 e. The van der Waals surface area contributed by atoms with Crippen LogP contribution < -0.4 is 10.6 Å². The molecule has 0 radical (unpaired) electrons. The Hall–Kier alpha value is -1.53. The number of hydrogen-bond acceptors (Lipinski definition) is 3. The summed E-state index contributed by atoms with van der Waals surface area (Å²) < 4.78 is 0. The zero-order valence-electron chi connectivity index (χ0n) is 9.59. The third kappa shape index (κ3) is 2.53. The van der Waals surface area contributed by atoms with Crippen LogP contribution in [0.3, 0.4) is 0 Å². The van der Waals surface area contributed by atoms with Crippen LogP contribution in [0.5, 0.6) is 0 Å². The summed E-state index contributed by atoms with van der Waals surface area (Å²) in [6, 6.07) is 8.12. The molecule has 3 nitrogen and oxygen atoms in total. The van der Waals surface area contributed by atoms with Crippen molar-refractivity contribution in [2.24, 2.45) is 5.92 Å². The van der Waals surface area contributed by atoms with Gasteiger partial charge in [0.05, 0.1) is 11.3 Å². The van der Waals surface area contributed by atoms with Gasteiger partial charge in [-0.3, -0.25) is 0 Å². The summed E-state index contributed by atoms with van der Waals surface area (Å²) in [4.78, 5) is 0. The Morgan fingerprint density at radius 3 is 3.12 bits per heavy atom. The summed E-state index contributed by atoms with van der Waals surface area (Å²) in [6.07, 6.45) is 1.22. The molecule has 1 atom stereocenters. The van der Waals surface area contributed by atoms with Crippen LogP contribution in [-0.4, -0.2) is 19.6 Å². The van der Waals surface area contributed by atoms with Crippen molar-refractivity contribution < 1.29 is 0 Å². The second-order valence-electron chi connectivity index (χ2n) is 4.40. The second-order valence-corrected chi connectivity index (χ2v) is 4.40. The van der Waals surface area contributed by atoms with Crippen LogP contribution in [0.4, 0.5) is 5.69 Å². The third-order valence-corrected chi connectivity index (χ3v) is 3.04. The highest BCUT2D eigenvalue weighted by atomic mass is 14.9. The van der Waals surface area contributed by atoms with Gasteiger partial charge in [0.2, 0.25) is 0 Å². The quantitative estimate of drug-likeness (QED) is 0.809. The molecular formula is C13H17N3. The zero-order valence-corrected chi connectivity index (χ0v) is 9.59. The summed E-state index contributed by atoms with van der Waals surface area (Å²) >= 11 is 0. The van der Waals surface area contributed by atoms with Gasteiger partial charge in [0.15, 0.2) is 0 Å². The molecule has 2 rings (SSSR count). The van der Waals surface area contributed by atoms with E-state index in [0.29, 0.717) is 5.92 Å². The van der Waals surface area contributed by atoms with E-state index in [-0.39, 0.29) is 0 Å². The molecule has 3 heteroatoms. The van der Waals surface area contributed by atoms with Gasteiger partial charge < -0.3 is 10.6 Å². The molecule has 0 saturated carbocycles. The van der Waals surface area contributed by atoms with Gasteiger partial charge in [-0.15, -0.1) is 0 Å². The fourth-order valence-corrected chi connectivity index (χ4v) is 2.04. The Kier molecular flexibility index (Phi) is 3.43. The highest BCUT2D eigenvalue weighted by Gasteiger charge is 2.14. The van der Waals surface area contributed by atoms with E-state index in [1.54, 1.807) is 0 Å². The fourth-order valence-electron chi connectivity index (χ4n) is 2.04. The van der Waals surface area contributed by atoms with Crippen molar-refractivity contribution in [3.63, 3.8) is 0 Å². The molecule has 0 aromatic heterocycles. The molecule has 0 bridgehead atoms. The molecule has 1 aromatic carbocycles. The van der Waals surface area contributed by atoms with E-state index in [4.69, 9.17) is 5.26 Å². The van der Waals surface area contributed by atoms with E-state index in [2.05, 4.69) is 16.7 Å². The standard InChI is InChI=1S/C13H17N3/c1-10-2-3-12(7-14)13(6-10)16-9-11-4-5-15-8-11/h2-3,6,11,15-16H,4-5,8-9H2,1H3. The highest BCUT2D eigenvalue weighted by molar-refractivity contribution is 5.58. The van der Waals surface area contributed by atoms with Crippen LogP contribution in [0, 0.1) is 24.2 Å². The average molecular weight is 215 g/mol. The van der Waals surface area contributed by atoms with Gasteiger partial charge in [0.25, 0.3) is 0 Å². The smallest absolute Gasteiger partial charge is 0.101 e. The predicted molar refractivity (Wildman–Crippen MR) is 65.4 cm³/mol. The Morgan fingerprint density at radius 1 is 1.56 bits per heavy atom. The van der Waals surface area contributed by atoms with Gasteiger partial charge >= 0.3 is 0 Å². The van der Waals surface area contributed by atoms with Crippen molar-refractivity contribution in [1.29, 1.82) is 5.26 Å². The number of anilines is 1. The maximum Gasteiger partial charge on any atom is 0.101 e. The monoisotopic (exact) mass is 215 g/mol. The highest BCUT2D eigenvalue weighted by Crippen LogP contribution is 2.18. The van der Waals surface area contributed by atoms with E-state index >= 15 is 0 Å². The van der Waals surface area contributed by atoms with Gasteiger partial charge in [0, 0.05) is 6.54 Å². The largest absolute Gasteiger partial charge is 0.384 e. The normalized spacial score (nSPS) is 19.4. The van der Waals surface area contributed by atoms with Gasteiger partial charge in [-0.25, -0.2) is 0 Å². The minimum absolute atomic E-state index is 0.687. The first-order valence-electron chi connectivity index (χ1n) is 5.75. The maximum atomic E-state index is 9.00. The molecule has 0 aliphatic carbocycles. The van der Waals surface area contributed by atoms with Crippen LogP contribution in [0.2, 0.25) is 0 Å². The molecule has 1 aliphatic rings. The molecule has 0 spiro atoms. The van der Waals surface area contributed by atoms with Gasteiger partial charge in [-0.1, -0.05) is 6.07 Å². The molecular weight excluding hydrogens is 198 g/mol. The molecule has 1 aliphatic heterocycles. The Bertz CT molecular complexity index is 400. The molecule has 0 amide bonds. The van der Waals surface area contributed by atoms with Crippen molar-refractivity contribution in [3.8, 4) is 6.07 Å². The molecule has 84 valence electrons. The summed E-state index contributed by atoms with van der Waals surface area (Å²) in [6.45, 7) is 5.20. The third-order valence-electron chi connectivity index (χ3n) is 3.04. The maximum absolute atomic E-state index is 9.00. The second kappa shape index (κ2) is 5.00. The van der Waals surface area contributed by atoms with Crippen LogP contribution >= 0.6 is 0 Å². The molecule has 1 fully saturated rings. The summed E-state index contributed by atoms with van der Waals surface area (Å²) in [7, 11) is 0. The lowest BCUT2D eigenvalue weighted by atomic mass is 10.1. The van der Waals surface area contributed by atoms with E-state index in [1.807, 2.05) is 25.1 Å². The Morgan fingerprint density at radius 2 is 2.44 bits per heavy atom. The van der Waals surface area contributed by atoms with Gasteiger partial charge in [0.1, 0.15) is 6.07 Å². The number of aryl methyl sites for hydroxylation is 1. The van der Waals surface area contributed by atoms with E-state index in [0.717, 1.165) is 30.9 Å². The lowest BCUT2D eigenvalue weighted by Gasteiger charge is -2.12. The summed E-state index contributed by atoms with van der Waals surface area (Å²) in [5.74, 6) is 0.687. The SMILES string of the molecule is Cc1ccc(C#N)c(NCC2CCNC2)c1. The van der Waals surface area contributed by atoms with Crippen LogP contribution in [0.15, 0.2) is 18.2 Å². The first-order chi connectivity index (χ1) is 7.79. The van der Waals surface area contributed by atoms with Gasteiger partial charge in [-0.05, 0) is 50.0 Å². The number of benzene rings is 1. The predicted octanol–water partition coefficient (Wildman–Crippen LogP) is 1.89. The topological polar surface area (TPSA) is 47.9 Å². The first kappa shape index (κ1) is 11.0. The average Bonchev–Trinajstić information content (AvgIpc) is 2.79. The number of rotatable bonds is 3. The first-order valence-corrected chi connectivity index (χ1v) is 5.75. The fraction of sp³-hybridized carbons (Fsp3) is 0.462. The molecule has 1 saturated heterocycles. The summed E-state index contributed by atoms with van der Waals surface area (Å²) in [5, 5.41) is 15.7. The van der Waals surface area contributed by atoms with Crippen LogP contribution in [0.1, 0.15) is 17.5 Å². The van der Waals surface area contributed by atoms with Crippen LogP contribution in [-0.2, 0) is 0 Å². The molecule has 16 heavy (non-hydrogen) atoms. The van der Waals surface area contributed by atoms with E-state index in [9.17, 15) is 0 Å². The van der Waals surface area contributed by atoms with Gasteiger partial charge in [-0.2, -0.15) is 5.26 Å². The Balaban J connectivity index is 2.02. The lowest BCUT2D eigenvalue weighted by molar-refractivity contribution is 0.615. The Labute approximate surface area is 96.5 Å². The number of hydrogen-bond donors (Lipinski definition) is 2. The zero-order chi connectivity index (χ0) is 11.4. The van der Waals surface area contributed by atoms with E-state index in [1.165, 1.54) is 12.0 Å². The number of nitrogens with zero attached hydrogens (tertiary/aromatic N) is 1. The molecule has 1 aromatic rings. The van der Waals surface area contributed by atoms with Crippen molar-refractivity contribution in [3.05, 3.63) is 29.3 Å². The van der Waals surface area contributed by atoms with Crippen molar-refractivity contribution in [1.82, 2.24) is 5.32 Å².